The van der Waals surface area contributed by atoms with E-state index in [4.69, 9.17) is 11.6 Å². The van der Waals surface area contributed by atoms with Crippen molar-refractivity contribution in [3.63, 3.8) is 0 Å². The number of rotatable bonds is 7. The molecule has 2 unspecified atom stereocenters. The summed E-state index contributed by atoms with van der Waals surface area (Å²) in [6.45, 7) is 1.74. The van der Waals surface area contributed by atoms with E-state index in [1.54, 1.807) is 0 Å². The molecule has 1 saturated heterocycles. The normalized spacial score (nSPS) is 19.4. The standard InChI is InChI=1S/C26H23ClF3N9O3/c1-38-19(17-11-39(36-22(17)26(28,29)30)20-5-3-13(37-42)7-32-20)10-33-23(38)25(41)34-12-2-4-14(18(27)6-12)24(40)35-21-15-8-31-9-16(15)21/h2-7,10-11,15-16,21,31H,8-9,37H2,1H3,(H,34,41)(H,35,40). The number of fused-ring (bicyclic) bond motifs is 1. The van der Waals surface area contributed by atoms with Gasteiger partial charge in [-0.25, -0.2) is 14.6 Å². The highest BCUT2D eigenvalue weighted by Crippen LogP contribution is 2.42. The second-order valence-corrected chi connectivity index (χ2v) is 10.5. The third kappa shape index (κ3) is 5.11. The first-order chi connectivity index (χ1) is 20.0. The fourth-order valence-electron chi connectivity index (χ4n) is 5.19. The Kier molecular flexibility index (Phi) is 6.97. The van der Waals surface area contributed by atoms with Crippen LogP contribution in [0.5, 0.6) is 0 Å². The number of alkyl halides is 3. The lowest BCUT2D eigenvalue weighted by Crippen LogP contribution is -2.70. The Morgan fingerprint density at radius 3 is 2.52 bits per heavy atom. The van der Waals surface area contributed by atoms with E-state index in [1.807, 2.05) is 0 Å². The summed E-state index contributed by atoms with van der Waals surface area (Å²) in [5.74, 6) is -0.261. The number of pyridine rings is 1. The van der Waals surface area contributed by atoms with Crippen molar-refractivity contribution in [2.45, 2.75) is 12.2 Å². The molecule has 0 radical (unpaired) electrons. The molecule has 1 aliphatic heterocycles. The predicted molar refractivity (Wildman–Crippen MR) is 144 cm³/mol. The van der Waals surface area contributed by atoms with Crippen molar-refractivity contribution < 1.29 is 28.2 Å². The Labute approximate surface area is 240 Å². The summed E-state index contributed by atoms with van der Waals surface area (Å²) in [5, 5.41) is 23.5. The molecule has 12 nitrogen and oxygen atoms in total. The number of carbonyl (C=O) groups is 2. The van der Waals surface area contributed by atoms with E-state index in [1.165, 1.54) is 48.1 Å². The van der Waals surface area contributed by atoms with E-state index in [9.17, 15) is 28.0 Å². The number of nitrogens with zero attached hydrogens (tertiary/aromatic N) is 5. The van der Waals surface area contributed by atoms with Crippen LogP contribution in [0.2, 0.25) is 5.02 Å². The topological polar surface area (TPSA) is 158 Å². The lowest BCUT2D eigenvalue weighted by atomic mass is 10.2. The molecule has 0 spiro atoms. The molecule has 5 N–H and O–H groups in total. The van der Waals surface area contributed by atoms with Crippen LogP contribution < -0.4 is 21.4 Å². The number of halogens is 4. The molecular formula is C26H23ClF3N9O3. The average Bonchev–Trinajstić information content (AvgIpc) is 3.41. The molecule has 4 aromatic rings. The minimum absolute atomic E-state index is 0.0201. The maximum atomic E-state index is 13.9. The van der Waals surface area contributed by atoms with Crippen molar-refractivity contribution in [2.75, 3.05) is 18.4 Å². The summed E-state index contributed by atoms with van der Waals surface area (Å²) in [5.41, 5.74) is -0.205. The van der Waals surface area contributed by atoms with Gasteiger partial charge >= 0.3 is 6.18 Å². The van der Waals surface area contributed by atoms with E-state index in [0.29, 0.717) is 17.3 Å². The van der Waals surface area contributed by atoms with Gasteiger partial charge in [0, 0.05) is 44.1 Å². The Bertz CT molecular complexity index is 1680. The van der Waals surface area contributed by atoms with E-state index in [0.717, 1.165) is 30.2 Å². The average molecular weight is 602 g/mol. The molecule has 3 aromatic heterocycles. The summed E-state index contributed by atoms with van der Waals surface area (Å²) in [7, 11) is 1.40. The van der Waals surface area contributed by atoms with Crippen molar-refractivity contribution in [2.24, 2.45) is 18.9 Å². The Balaban J connectivity index is 1.21. The van der Waals surface area contributed by atoms with Crippen LogP contribution in [0.4, 0.5) is 24.5 Å². The van der Waals surface area contributed by atoms with Gasteiger partial charge in [0.05, 0.1) is 34.2 Å². The number of quaternary nitrogens is 1. The Hall–Kier alpha value is -4.31. The van der Waals surface area contributed by atoms with Crippen molar-refractivity contribution in [1.82, 2.24) is 34.9 Å². The van der Waals surface area contributed by atoms with Crippen LogP contribution in [-0.4, -0.2) is 55.3 Å². The van der Waals surface area contributed by atoms with E-state index in [-0.39, 0.29) is 56.8 Å². The van der Waals surface area contributed by atoms with Gasteiger partial charge in [-0.05, 0) is 36.1 Å². The number of nitrogens with one attached hydrogen (secondary N) is 3. The zero-order chi connectivity index (χ0) is 29.8. The molecule has 2 fully saturated rings. The molecule has 1 aromatic carbocycles. The third-order valence-corrected chi connectivity index (χ3v) is 7.77. The SMILES string of the molecule is Cn1c(-c2cn(-c3ccc([NH2+][O-])cn3)nc2C(F)(F)F)cnc1C(=O)Nc1ccc(C(=O)NC2C3CNCC32)c(Cl)c1. The van der Waals surface area contributed by atoms with Gasteiger partial charge in [-0.15, -0.1) is 0 Å². The molecule has 1 aliphatic carbocycles. The number of nitrogens with two attached hydrogens (primary N) is 1. The maximum Gasteiger partial charge on any atom is 0.435 e. The lowest BCUT2D eigenvalue weighted by Gasteiger charge is -2.11. The highest BCUT2D eigenvalue weighted by Gasteiger charge is 2.53. The zero-order valence-corrected chi connectivity index (χ0v) is 22.6. The maximum absolute atomic E-state index is 13.9. The van der Waals surface area contributed by atoms with Crippen LogP contribution >= 0.6 is 11.6 Å². The van der Waals surface area contributed by atoms with Crippen LogP contribution in [0.1, 0.15) is 26.7 Å². The van der Waals surface area contributed by atoms with Crippen LogP contribution in [0.15, 0.2) is 48.9 Å². The highest BCUT2D eigenvalue weighted by molar-refractivity contribution is 6.34. The van der Waals surface area contributed by atoms with Crippen molar-refractivity contribution in [3.8, 4) is 17.1 Å². The van der Waals surface area contributed by atoms with Crippen molar-refractivity contribution in [3.05, 3.63) is 76.2 Å². The van der Waals surface area contributed by atoms with Crippen LogP contribution in [0.3, 0.4) is 0 Å². The van der Waals surface area contributed by atoms with Gasteiger partial charge in [-0.2, -0.15) is 18.3 Å². The molecule has 2 amide bonds. The molecule has 1 saturated carbocycles. The highest BCUT2D eigenvalue weighted by atomic mass is 35.5. The number of benzene rings is 1. The minimum atomic E-state index is -4.82. The zero-order valence-electron chi connectivity index (χ0n) is 21.8. The fourth-order valence-corrected chi connectivity index (χ4v) is 5.45. The number of hydrogen-bond acceptors (Lipinski definition) is 7. The van der Waals surface area contributed by atoms with Gasteiger partial charge in [0.2, 0.25) is 0 Å². The summed E-state index contributed by atoms with van der Waals surface area (Å²) in [4.78, 5) is 33.7. The summed E-state index contributed by atoms with van der Waals surface area (Å²) < 4.78 is 43.9. The Morgan fingerprint density at radius 1 is 1.12 bits per heavy atom. The lowest BCUT2D eigenvalue weighted by molar-refractivity contribution is -0.497. The largest absolute Gasteiger partial charge is 0.630 e. The van der Waals surface area contributed by atoms with E-state index < -0.39 is 17.8 Å². The minimum Gasteiger partial charge on any atom is -0.630 e. The van der Waals surface area contributed by atoms with Gasteiger partial charge in [-0.1, -0.05) is 11.6 Å². The van der Waals surface area contributed by atoms with Gasteiger partial charge in [0.15, 0.2) is 17.3 Å². The number of aromatic nitrogens is 5. The molecular weight excluding hydrogens is 579 g/mol. The Morgan fingerprint density at radius 2 is 1.88 bits per heavy atom. The first-order valence-electron chi connectivity index (χ1n) is 12.8. The number of anilines is 1. The number of hydrogen-bond donors (Lipinski definition) is 4. The van der Waals surface area contributed by atoms with Crippen LogP contribution in [0.25, 0.3) is 17.1 Å². The molecule has 0 bridgehead atoms. The number of carbonyl (C=O) groups excluding carboxylic acids is 2. The number of amides is 2. The number of piperidine rings is 1. The molecule has 2 atom stereocenters. The van der Waals surface area contributed by atoms with Crippen LogP contribution in [-0.2, 0) is 13.2 Å². The number of imidazole rings is 1. The quantitative estimate of drug-likeness (QED) is 0.236. The van der Waals surface area contributed by atoms with E-state index >= 15 is 0 Å². The second kappa shape index (κ2) is 10.5. The summed E-state index contributed by atoms with van der Waals surface area (Å²) in [6.07, 6.45) is -1.35. The summed E-state index contributed by atoms with van der Waals surface area (Å²) >= 11 is 6.34. The van der Waals surface area contributed by atoms with Gasteiger partial charge < -0.3 is 31.2 Å². The molecule has 2 aliphatic rings. The first-order valence-corrected chi connectivity index (χ1v) is 13.2. The van der Waals surface area contributed by atoms with Gasteiger partial charge in [0.25, 0.3) is 11.8 Å². The second-order valence-electron chi connectivity index (χ2n) is 10.1. The van der Waals surface area contributed by atoms with Crippen molar-refractivity contribution in [1.29, 1.82) is 0 Å². The third-order valence-electron chi connectivity index (χ3n) is 7.45. The van der Waals surface area contributed by atoms with Gasteiger partial charge in [0.1, 0.15) is 5.69 Å². The molecule has 4 heterocycles. The van der Waals surface area contributed by atoms with E-state index in [2.05, 4.69) is 31.0 Å². The summed E-state index contributed by atoms with van der Waals surface area (Å²) in [6, 6.07) is 7.30. The molecule has 42 heavy (non-hydrogen) atoms. The molecule has 6 rings (SSSR count). The first kappa shape index (κ1) is 27.8. The monoisotopic (exact) mass is 601 g/mol. The van der Waals surface area contributed by atoms with Crippen LogP contribution in [0, 0.1) is 17.0 Å². The van der Waals surface area contributed by atoms with Gasteiger partial charge in [-0.3, -0.25) is 9.59 Å². The molecule has 218 valence electrons. The molecule has 16 heteroatoms. The van der Waals surface area contributed by atoms with Crippen molar-refractivity contribution >= 4 is 34.8 Å². The predicted octanol–water partition coefficient (Wildman–Crippen LogP) is 2.23. The smallest absolute Gasteiger partial charge is 0.435 e. The fraction of sp³-hybridized carbons (Fsp3) is 0.269.